The van der Waals surface area contributed by atoms with Crippen molar-refractivity contribution in [2.45, 2.75) is 24.5 Å². The van der Waals surface area contributed by atoms with Crippen LogP contribution < -0.4 is 144 Å². The number of phosphoric acid groups is 3. The molecule has 6 atom stereocenters. The number of aliphatic hydroxyl groups is 2. The first kappa shape index (κ1) is 40.6. The van der Waals surface area contributed by atoms with Crippen LogP contribution in [0.1, 0.15) is 6.23 Å². The summed E-state index contributed by atoms with van der Waals surface area (Å²) >= 11 is 0. The molecule has 3 rings (SSSR count). The zero-order valence-corrected chi connectivity index (χ0v) is 29.8. The first-order chi connectivity index (χ1) is 14.6. The summed E-state index contributed by atoms with van der Waals surface area (Å²) in [6.07, 6.45) is -5.60. The molecular weight excluding hydrogens is 599 g/mol. The summed E-state index contributed by atoms with van der Waals surface area (Å²) in [7, 11) is -17.8. The summed E-state index contributed by atoms with van der Waals surface area (Å²) < 4.78 is 50.4. The topological polar surface area (TPSA) is 311 Å². The van der Waals surface area contributed by atoms with Gasteiger partial charge >= 0.3 is 126 Å². The molecular formula is C10H12N5Na4O14P3. The number of anilines is 1. The predicted octanol–water partition coefficient (Wildman–Crippen LogP) is -16.4. The normalized spacial score (nSPS) is 24.8. The van der Waals surface area contributed by atoms with Crippen LogP contribution in [0.2, 0.25) is 0 Å². The average molecular weight is 611 g/mol. The molecule has 0 saturated carbocycles. The van der Waals surface area contributed by atoms with E-state index in [2.05, 4.69) is 28.1 Å². The Balaban J connectivity index is 0. The summed E-state index contributed by atoms with van der Waals surface area (Å²) in [5.41, 5.74) is 4.99. The molecule has 36 heavy (non-hydrogen) atoms. The van der Waals surface area contributed by atoms with Crippen LogP contribution >= 0.6 is 23.5 Å². The van der Waals surface area contributed by atoms with E-state index in [1.807, 2.05) is 0 Å². The summed E-state index contributed by atoms with van der Waals surface area (Å²) in [4.78, 5) is 52.2. The molecule has 0 radical (unpaired) electrons. The molecule has 1 aliphatic rings. The Morgan fingerprint density at radius 1 is 1.06 bits per heavy atom. The molecule has 0 bridgehead atoms. The molecule has 0 aliphatic carbocycles. The Morgan fingerprint density at radius 3 is 2.19 bits per heavy atom. The van der Waals surface area contributed by atoms with E-state index in [0.717, 1.165) is 10.9 Å². The number of aliphatic hydroxyl groups excluding tert-OH is 2. The first-order valence-corrected chi connectivity index (χ1v) is 12.4. The van der Waals surface area contributed by atoms with Gasteiger partial charge in [0.05, 0.1) is 20.8 Å². The van der Waals surface area contributed by atoms with Crippen LogP contribution in [-0.4, -0.2) is 59.5 Å². The number of phosphoric ester groups is 1. The van der Waals surface area contributed by atoms with Crippen LogP contribution in [0.5, 0.6) is 5.88 Å². The second kappa shape index (κ2) is 15.6. The van der Waals surface area contributed by atoms with Gasteiger partial charge < -0.3 is 54.5 Å². The summed E-state index contributed by atoms with van der Waals surface area (Å²) in [6, 6.07) is 0. The maximum atomic E-state index is 11.8. The van der Waals surface area contributed by atoms with Gasteiger partial charge in [0.15, 0.2) is 11.9 Å². The Labute approximate surface area is 290 Å². The summed E-state index contributed by atoms with van der Waals surface area (Å²) in [6.45, 7) is -1.11. The summed E-state index contributed by atoms with van der Waals surface area (Å²) in [5.74, 6) is -1.25. The van der Waals surface area contributed by atoms with Crippen molar-refractivity contribution in [3.05, 3.63) is 6.33 Å². The minimum absolute atomic E-state index is 0. The smallest absolute Gasteiger partial charge is 0.857 e. The second-order valence-corrected chi connectivity index (χ2v) is 10.4. The van der Waals surface area contributed by atoms with Gasteiger partial charge in [0, 0.05) is 5.88 Å². The van der Waals surface area contributed by atoms with Gasteiger partial charge in [-0.2, -0.15) is 4.98 Å². The first-order valence-electron chi connectivity index (χ1n) is 8.00. The molecule has 2 aromatic rings. The van der Waals surface area contributed by atoms with Crippen LogP contribution in [0.4, 0.5) is 5.95 Å². The molecule has 180 valence electrons. The molecule has 5 N–H and O–H groups in total. The molecule has 26 heteroatoms. The number of fused-ring (bicyclic) bond motifs is 1. The van der Waals surface area contributed by atoms with Crippen molar-refractivity contribution in [1.82, 2.24) is 19.5 Å². The number of nitrogens with zero attached hydrogens (tertiary/aromatic N) is 4. The number of rotatable bonds is 8. The molecule has 19 nitrogen and oxygen atoms in total. The zero-order chi connectivity index (χ0) is 24.1. The molecule has 1 fully saturated rings. The Hall–Kier alpha value is 2.44. The van der Waals surface area contributed by atoms with E-state index in [9.17, 15) is 43.7 Å². The van der Waals surface area contributed by atoms with Crippen molar-refractivity contribution in [3.63, 3.8) is 0 Å². The Kier molecular flexibility index (Phi) is 17.6. The van der Waals surface area contributed by atoms with Gasteiger partial charge in [0.25, 0.3) is 7.82 Å². The fraction of sp³-hybridized carbons (Fsp3) is 0.500. The monoisotopic (exact) mass is 611 g/mol. The number of ether oxygens (including phenoxy) is 1. The van der Waals surface area contributed by atoms with Gasteiger partial charge in [-0.3, -0.25) is 13.4 Å². The van der Waals surface area contributed by atoms with E-state index in [0.29, 0.717) is 0 Å². The van der Waals surface area contributed by atoms with Crippen LogP contribution in [-0.2, 0) is 31.6 Å². The third-order valence-corrected chi connectivity index (χ3v) is 7.54. The van der Waals surface area contributed by atoms with Gasteiger partial charge in [0.1, 0.15) is 23.8 Å². The second-order valence-electron chi connectivity index (χ2n) is 6.08. The van der Waals surface area contributed by atoms with E-state index in [1.165, 1.54) is 0 Å². The third-order valence-electron chi connectivity index (χ3n) is 3.82. The van der Waals surface area contributed by atoms with Crippen LogP contribution in [0.15, 0.2) is 6.33 Å². The molecule has 1 saturated heterocycles. The molecule has 1 aliphatic heterocycles. The van der Waals surface area contributed by atoms with Gasteiger partial charge in [-0.15, -0.1) is 0 Å². The molecule has 2 aromatic heterocycles. The van der Waals surface area contributed by atoms with Crippen LogP contribution in [0.25, 0.3) is 11.2 Å². The van der Waals surface area contributed by atoms with Crippen LogP contribution in [0, 0.1) is 0 Å². The Morgan fingerprint density at radius 2 is 1.64 bits per heavy atom. The molecule has 6 unspecified atom stereocenters. The minimum atomic E-state index is -6.10. The summed E-state index contributed by atoms with van der Waals surface area (Å²) in [5, 5.41) is 32.1. The molecule has 0 aromatic carbocycles. The van der Waals surface area contributed by atoms with Gasteiger partial charge in [0.2, 0.25) is 5.95 Å². The quantitative estimate of drug-likeness (QED) is 0.159. The minimum Gasteiger partial charge on any atom is -0.857 e. The van der Waals surface area contributed by atoms with Crippen molar-refractivity contribution >= 4 is 40.6 Å². The van der Waals surface area contributed by atoms with Crippen molar-refractivity contribution in [2.24, 2.45) is 0 Å². The molecule has 0 amide bonds. The van der Waals surface area contributed by atoms with Crippen LogP contribution in [0.3, 0.4) is 0 Å². The van der Waals surface area contributed by atoms with E-state index in [1.54, 1.807) is 0 Å². The van der Waals surface area contributed by atoms with E-state index < -0.39 is 66.4 Å². The van der Waals surface area contributed by atoms with E-state index in [4.69, 9.17) is 15.4 Å². The maximum absolute atomic E-state index is 11.8. The van der Waals surface area contributed by atoms with Crippen molar-refractivity contribution < 1.29 is 185 Å². The SMILES string of the molecule is Nc1nc([O-])c2ncn(C3OC(COP(=O)([O-])OP(=O)(O)OP(=O)([O-])[O-])C(O)C3O)c2n1.[Na+].[Na+].[Na+].[Na+]. The van der Waals surface area contributed by atoms with E-state index >= 15 is 0 Å². The predicted molar refractivity (Wildman–Crippen MR) is 88.3 cm³/mol. The van der Waals surface area contributed by atoms with Crippen molar-refractivity contribution in [2.75, 3.05) is 12.3 Å². The Bertz CT molecular complexity index is 1170. The number of hydrogen-bond acceptors (Lipinski definition) is 17. The van der Waals surface area contributed by atoms with Gasteiger partial charge in [-0.05, 0) is 0 Å². The number of hydrogen-bond donors (Lipinski definition) is 4. The van der Waals surface area contributed by atoms with Gasteiger partial charge in [-0.25, -0.2) is 18.8 Å². The van der Waals surface area contributed by atoms with Crippen molar-refractivity contribution in [3.8, 4) is 5.88 Å². The number of nitrogen functional groups attached to an aromatic ring is 1. The van der Waals surface area contributed by atoms with E-state index in [-0.39, 0.29) is 129 Å². The third kappa shape index (κ3) is 10.7. The number of nitrogens with two attached hydrogens (primary N) is 1. The molecule has 3 heterocycles. The average Bonchev–Trinajstić information content (AvgIpc) is 3.12. The van der Waals surface area contributed by atoms with Crippen molar-refractivity contribution in [1.29, 1.82) is 0 Å². The maximum Gasteiger partial charge on any atom is 1.00 e. The number of aromatic nitrogens is 4. The standard InChI is InChI=1S/C10H16N5O14P3.4Na/c11-10-13-7-4(8(18)14-10)12-2-15(7)9-6(17)5(16)3(27-9)1-26-31(22,23)29-32(24,25)28-30(19,20)21;;;;/h2-3,5-6,9,16-17H,1H2,(H,22,23)(H,24,25)(H2,19,20,21)(H3,11,13,14,18);;;;/q;4*+1/p-4. The molecule has 0 spiro atoms. The fourth-order valence-electron chi connectivity index (χ4n) is 2.65. The van der Waals surface area contributed by atoms with Gasteiger partial charge in [-0.1, -0.05) is 0 Å². The largest absolute Gasteiger partial charge is 1.00 e. The fourth-order valence-corrected chi connectivity index (χ4v) is 5.57. The number of imidazole rings is 1. The zero-order valence-electron chi connectivity index (χ0n) is 19.1.